The van der Waals surface area contributed by atoms with Crippen LogP contribution in [0.2, 0.25) is 0 Å². The lowest BCUT2D eigenvalue weighted by Gasteiger charge is -2.32. The molecular formula is C26H35N3O5S. The second-order valence-corrected chi connectivity index (χ2v) is 10.8. The first-order valence-corrected chi connectivity index (χ1v) is 13.4. The van der Waals surface area contributed by atoms with E-state index in [9.17, 15) is 22.8 Å². The molecule has 2 aromatic rings. The Morgan fingerprint density at radius 3 is 2.26 bits per heavy atom. The lowest BCUT2D eigenvalue weighted by Crippen LogP contribution is -2.52. The fourth-order valence-electron chi connectivity index (χ4n) is 3.55. The van der Waals surface area contributed by atoms with Gasteiger partial charge in [0.1, 0.15) is 12.6 Å². The maximum absolute atomic E-state index is 13.6. The van der Waals surface area contributed by atoms with Gasteiger partial charge in [-0.25, -0.2) is 8.42 Å². The predicted octanol–water partition coefficient (Wildman–Crippen LogP) is 3.30. The Morgan fingerprint density at radius 1 is 1.03 bits per heavy atom. The lowest BCUT2D eigenvalue weighted by atomic mass is 10.1. The smallest absolute Gasteiger partial charge is 0.244 e. The maximum Gasteiger partial charge on any atom is 0.244 e. The van der Waals surface area contributed by atoms with Gasteiger partial charge in [0.15, 0.2) is 5.78 Å². The number of aryl methyl sites for hydroxylation is 1. The summed E-state index contributed by atoms with van der Waals surface area (Å²) in [5.74, 6) is -1.06. The van der Waals surface area contributed by atoms with Crippen LogP contribution in [-0.2, 0) is 26.2 Å². The van der Waals surface area contributed by atoms with Crippen LogP contribution in [0.1, 0.15) is 55.6 Å². The fraction of sp³-hybridized carbons (Fsp3) is 0.423. The number of amides is 2. The van der Waals surface area contributed by atoms with E-state index >= 15 is 0 Å². The van der Waals surface area contributed by atoms with Crippen molar-refractivity contribution in [2.75, 3.05) is 17.1 Å². The highest BCUT2D eigenvalue weighted by Crippen LogP contribution is 2.21. The average Bonchev–Trinajstić information content (AvgIpc) is 2.79. The van der Waals surface area contributed by atoms with Gasteiger partial charge in [-0.15, -0.1) is 0 Å². The van der Waals surface area contributed by atoms with Gasteiger partial charge in [-0.1, -0.05) is 48.9 Å². The monoisotopic (exact) mass is 501 g/mol. The normalized spacial score (nSPS) is 13.0. The zero-order chi connectivity index (χ0) is 26.3. The highest BCUT2D eigenvalue weighted by atomic mass is 32.2. The minimum Gasteiger partial charge on any atom is -0.352 e. The Morgan fingerprint density at radius 2 is 1.69 bits per heavy atom. The molecule has 2 atom stereocenters. The number of Topliss-reactive ketones (excluding diaryl/α,β-unsaturated/α-hetero) is 1. The number of hydrogen-bond acceptors (Lipinski definition) is 5. The average molecular weight is 502 g/mol. The lowest BCUT2D eigenvalue weighted by molar-refractivity contribution is -0.139. The van der Waals surface area contributed by atoms with Gasteiger partial charge in [0.05, 0.1) is 11.9 Å². The standard InChI is InChI=1S/C26H35N3O5S/c1-7-19(3)27-26(32)20(4)28(16-22-11-8-10-18(2)14-22)25(31)17-29(35(6,33)34)24-13-9-12-23(15-24)21(5)30/h8-15,19-20H,7,16-17H2,1-6H3,(H,27,32). The summed E-state index contributed by atoms with van der Waals surface area (Å²) in [6, 6.07) is 12.8. The van der Waals surface area contributed by atoms with Crippen LogP contribution in [0.5, 0.6) is 0 Å². The molecule has 0 aliphatic heterocycles. The number of benzene rings is 2. The number of carbonyl (C=O) groups excluding carboxylic acids is 3. The van der Waals surface area contributed by atoms with Crippen molar-refractivity contribution in [2.24, 2.45) is 0 Å². The molecule has 9 heteroatoms. The summed E-state index contributed by atoms with van der Waals surface area (Å²) in [6.45, 7) is 8.41. The summed E-state index contributed by atoms with van der Waals surface area (Å²) < 4.78 is 26.3. The maximum atomic E-state index is 13.6. The summed E-state index contributed by atoms with van der Waals surface area (Å²) in [7, 11) is -3.86. The van der Waals surface area contributed by atoms with E-state index in [1.807, 2.05) is 45.0 Å². The van der Waals surface area contributed by atoms with Crippen LogP contribution >= 0.6 is 0 Å². The van der Waals surface area contributed by atoms with Crippen molar-refractivity contribution in [1.29, 1.82) is 0 Å². The Bertz CT molecular complexity index is 1180. The molecule has 0 aromatic heterocycles. The van der Waals surface area contributed by atoms with Crippen molar-refractivity contribution < 1.29 is 22.8 Å². The minimum atomic E-state index is -3.86. The fourth-order valence-corrected chi connectivity index (χ4v) is 4.39. The Balaban J connectivity index is 2.43. The van der Waals surface area contributed by atoms with E-state index < -0.39 is 28.5 Å². The summed E-state index contributed by atoms with van der Waals surface area (Å²) in [4.78, 5) is 39.7. The molecule has 0 saturated heterocycles. The molecule has 0 saturated carbocycles. The number of sulfonamides is 1. The van der Waals surface area contributed by atoms with Crippen molar-refractivity contribution in [3.05, 3.63) is 65.2 Å². The molecule has 35 heavy (non-hydrogen) atoms. The van der Waals surface area contributed by atoms with E-state index in [2.05, 4.69) is 5.32 Å². The van der Waals surface area contributed by atoms with Gasteiger partial charge in [0, 0.05) is 18.2 Å². The first kappa shape index (κ1) is 28.0. The molecule has 2 amide bonds. The molecule has 0 aliphatic rings. The van der Waals surface area contributed by atoms with E-state index in [1.165, 1.54) is 24.0 Å². The number of rotatable bonds is 11. The van der Waals surface area contributed by atoms with Gasteiger partial charge in [-0.05, 0) is 51.8 Å². The molecule has 2 unspecified atom stereocenters. The van der Waals surface area contributed by atoms with Crippen LogP contribution in [0.15, 0.2) is 48.5 Å². The largest absolute Gasteiger partial charge is 0.352 e. The highest BCUT2D eigenvalue weighted by molar-refractivity contribution is 7.92. The van der Waals surface area contributed by atoms with Crippen molar-refractivity contribution in [3.8, 4) is 0 Å². The first-order chi connectivity index (χ1) is 16.3. The van der Waals surface area contributed by atoms with Crippen molar-refractivity contribution in [1.82, 2.24) is 10.2 Å². The van der Waals surface area contributed by atoms with Gasteiger partial charge in [0.2, 0.25) is 21.8 Å². The van der Waals surface area contributed by atoms with Crippen LogP contribution < -0.4 is 9.62 Å². The molecule has 0 radical (unpaired) electrons. The van der Waals surface area contributed by atoms with Gasteiger partial charge < -0.3 is 10.2 Å². The first-order valence-electron chi connectivity index (χ1n) is 11.6. The minimum absolute atomic E-state index is 0.0669. The molecule has 8 nitrogen and oxygen atoms in total. The van der Waals surface area contributed by atoms with Crippen LogP contribution in [0.4, 0.5) is 5.69 Å². The molecular weight excluding hydrogens is 466 g/mol. The summed E-state index contributed by atoms with van der Waals surface area (Å²) >= 11 is 0. The summed E-state index contributed by atoms with van der Waals surface area (Å²) in [5, 5.41) is 2.89. The summed E-state index contributed by atoms with van der Waals surface area (Å²) in [5.41, 5.74) is 2.37. The van der Waals surface area contributed by atoms with E-state index in [4.69, 9.17) is 0 Å². The quantitative estimate of drug-likeness (QED) is 0.476. The van der Waals surface area contributed by atoms with E-state index in [1.54, 1.807) is 19.1 Å². The second kappa shape index (κ2) is 12.0. The molecule has 1 N–H and O–H groups in total. The van der Waals surface area contributed by atoms with Crippen LogP contribution in [0.25, 0.3) is 0 Å². The SMILES string of the molecule is CCC(C)NC(=O)C(C)N(Cc1cccc(C)c1)C(=O)CN(c1cccc(C(C)=O)c1)S(C)(=O)=O. The van der Waals surface area contributed by atoms with E-state index in [0.717, 1.165) is 28.1 Å². The molecule has 190 valence electrons. The number of carbonyl (C=O) groups is 3. The number of nitrogens with zero attached hydrogens (tertiary/aromatic N) is 2. The molecule has 2 rings (SSSR count). The number of anilines is 1. The molecule has 0 spiro atoms. The third-order valence-electron chi connectivity index (χ3n) is 5.82. The molecule has 0 fully saturated rings. The van der Waals surface area contributed by atoms with Crippen molar-refractivity contribution in [3.63, 3.8) is 0 Å². The second-order valence-electron chi connectivity index (χ2n) is 8.88. The molecule has 0 heterocycles. The van der Waals surface area contributed by atoms with E-state index in [0.29, 0.717) is 5.56 Å². The predicted molar refractivity (Wildman–Crippen MR) is 138 cm³/mol. The Kier molecular flexibility index (Phi) is 9.59. The van der Waals surface area contributed by atoms with Crippen LogP contribution in [0.3, 0.4) is 0 Å². The topological polar surface area (TPSA) is 104 Å². The third-order valence-corrected chi connectivity index (χ3v) is 6.96. The van der Waals surface area contributed by atoms with Gasteiger partial charge >= 0.3 is 0 Å². The number of nitrogens with one attached hydrogen (secondary N) is 1. The summed E-state index contributed by atoms with van der Waals surface area (Å²) in [6.07, 6.45) is 1.74. The number of ketones is 1. The van der Waals surface area contributed by atoms with E-state index in [-0.39, 0.29) is 30.0 Å². The van der Waals surface area contributed by atoms with Gasteiger partial charge in [-0.2, -0.15) is 0 Å². The highest BCUT2D eigenvalue weighted by Gasteiger charge is 2.30. The zero-order valence-electron chi connectivity index (χ0n) is 21.2. The zero-order valence-corrected chi connectivity index (χ0v) is 22.1. The van der Waals surface area contributed by atoms with Gasteiger partial charge in [0.25, 0.3) is 0 Å². The van der Waals surface area contributed by atoms with Crippen LogP contribution in [-0.4, -0.2) is 55.8 Å². The molecule has 0 bridgehead atoms. The van der Waals surface area contributed by atoms with Gasteiger partial charge in [-0.3, -0.25) is 18.7 Å². The van der Waals surface area contributed by atoms with Crippen LogP contribution in [0, 0.1) is 6.92 Å². The Hall–Kier alpha value is -3.20. The molecule has 0 aliphatic carbocycles. The van der Waals surface area contributed by atoms with Crippen molar-refractivity contribution >= 4 is 33.3 Å². The third kappa shape index (κ3) is 7.92. The number of hydrogen-bond donors (Lipinski definition) is 1. The Labute approximate surface area is 208 Å². The molecule has 2 aromatic carbocycles. The van der Waals surface area contributed by atoms with Crippen molar-refractivity contribution in [2.45, 2.75) is 59.7 Å².